The average Bonchev–Trinajstić information content (AvgIpc) is 2.76. The Kier molecular flexibility index (Phi) is 6.83. The number of pyridine rings is 1. The first kappa shape index (κ1) is 24.0. The van der Waals surface area contributed by atoms with Crippen LogP contribution in [0.3, 0.4) is 0 Å². The number of rotatable bonds is 5. The highest BCUT2D eigenvalue weighted by Gasteiger charge is 2.59. The Morgan fingerprint density at radius 3 is 2.38 bits per heavy atom. The first-order valence-electron chi connectivity index (χ1n) is 9.39. The van der Waals surface area contributed by atoms with Gasteiger partial charge in [0.05, 0.1) is 12.7 Å². The van der Waals surface area contributed by atoms with Crippen LogP contribution in [0.5, 0.6) is 0 Å². The van der Waals surface area contributed by atoms with Gasteiger partial charge in [0.15, 0.2) is 5.60 Å². The molecule has 2 atom stereocenters. The van der Waals surface area contributed by atoms with Gasteiger partial charge in [0.1, 0.15) is 5.15 Å². The number of aliphatic hydroxyl groups is 1. The topological polar surface area (TPSA) is 59.4 Å². The van der Waals surface area contributed by atoms with Crippen molar-refractivity contribution in [3.63, 3.8) is 0 Å². The van der Waals surface area contributed by atoms with Crippen molar-refractivity contribution >= 4 is 29.2 Å². The second kappa shape index (κ2) is 9.10. The Morgan fingerprint density at radius 1 is 1.09 bits per heavy atom. The van der Waals surface area contributed by atoms with Crippen LogP contribution in [0.15, 0.2) is 60.8 Å². The normalized spacial score (nSPS) is 14.5. The fourth-order valence-corrected chi connectivity index (χ4v) is 4.11. The lowest BCUT2D eigenvalue weighted by atomic mass is 9.77. The Balaban J connectivity index is 2.10. The van der Waals surface area contributed by atoms with E-state index in [9.17, 15) is 23.1 Å². The third-order valence-electron chi connectivity index (χ3n) is 5.34. The van der Waals surface area contributed by atoms with E-state index >= 15 is 0 Å². The van der Waals surface area contributed by atoms with E-state index in [0.717, 1.165) is 18.3 Å². The lowest BCUT2D eigenvalue weighted by Crippen LogP contribution is -2.46. The highest BCUT2D eigenvalue weighted by Crippen LogP contribution is 2.50. The zero-order valence-electron chi connectivity index (χ0n) is 17.0. The summed E-state index contributed by atoms with van der Waals surface area (Å²) in [4.78, 5) is 15.7. The van der Waals surface area contributed by atoms with Crippen molar-refractivity contribution in [3.05, 3.63) is 87.7 Å². The molecule has 0 saturated heterocycles. The highest BCUT2D eigenvalue weighted by atomic mass is 35.5. The molecule has 1 heterocycles. The molecule has 3 rings (SSSR count). The molecule has 1 aromatic heterocycles. The third-order valence-corrected chi connectivity index (χ3v) is 5.87. The number of ether oxygens (including phenoxy) is 1. The summed E-state index contributed by atoms with van der Waals surface area (Å²) in [5.41, 5.74) is -2.35. The van der Waals surface area contributed by atoms with Crippen LogP contribution in [0.1, 0.15) is 34.3 Å². The predicted octanol–water partition coefficient (Wildman–Crippen LogP) is 6.40. The fraction of sp³-hybridized carbons (Fsp3) is 0.217. The largest absolute Gasteiger partial charge is 0.465 e. The van der Waals surface area contributed by atoms with Gasteiger partial charge in [-0.15, -0.1) is 0 Å². The predicted molar refractivity (Wildman–Crippen MR) is 116 cm³/mol. The van der Waals surface area contributed by atoms with Gasteiger partial charge < -0.3 is 9.84 Å². The van der Waals surface area contributed by atoms with Crippen LogP contribution in [0, 0.1) is 0 Å². The SMILES string of the molecule is COC(=O)c1ccccc1-c1ccc(C(C)C(O)(c2ccnc(Cl)c2)C(F)(F)F)c(Cl)c1. The second-order valence-electron chi connectivity index (χ2n) is 7.13. The standard InChI is InChI=1S/C23H18Cl2F3NO3/c1-13(22(31,23(26,27)28)15-9-10-29-20(25)12-15)16-8-7-14(11-19(16)24)17-5-3-4-6-18(17)21(30)32-2/h3-13,31H,1-2H3. The number of methoxy groups -OCH3 is 1. The van der Waals surface area contributed by atoms with Gasteiger partial charge in [-0.25, -0.2) is 9.78 Å². The Labute approximate surface area is 192 Å². The van der Waals surface area contributed by atoms with Crippen LogP contribution in [-0.4, -0.2) is 29.3 Å². The molecule has 0 spiro atoms. The number of nitrogens with zero attached hydrogens (tertiary/aromatic N) is 1. The van der Waals surface area contributed by atoms with E-state index in [1.807, 2.05) is 0 Å². The molecule has 0 aliphatic heterocycles. The number of carbonyl (C=O) groups is 1. The van der Waals surface area contributed by atoms with Crippen LogP contribution >= 0.6 is 23.2 Å². The van der Waals surface area contributed by atoms with E-state index in [1.165, 1.54) is 32.2 Å². The molecule has 0 bridgehead atoms. The van der Waals surface area contributed by atoms with Crippen molar-refractivity contribution in [1.29, 1.82) is 0 Å². The Hall–Kier alpha value is -2.61. The molecule has 32 heavy (non-hydrogen) atoms. The minimum absolute atomic E-state index is 0.00232. The number of benzene rings is 2. The summed E-state index contributed by atoms with van der Waals surface area (Å²) in [5, 5.41) is 10.7. The van der Waals surface area contributed by atoms with Gasteiger partial charge in [0.25, 0.3) is 0 Å². The first-order valence-corrected chi connectivity index (χ1v) is 10.1. The summed E-state index contributed by atoms with van der Waals surface area (Å²) in [7, 11) is 1.25. The number of aromatic nitrogens is 1. The zero-order valence-corrected chi connectivity index (χ0v) is 18.5. The molecule has 0 fully saturated rings. The summed E-state index contributed by atoms with van der Waals surface area (Å²) in [6.45, 7) is 1.23. The van der Waals surface area contributed by atoms with Crippen LogP contribution < -0.4 is 0 Å². The van der Waals surface area contributed by atoms with Crippen molar-refractivity contribution < 1.29 is 27.8 Å². The summed E-state index contributed by atoms with van der Waals surface area (Å²) in [6.07, 6.45) is -3.94. The summed E-state index contributed by atoms with van der Waals surface area (Å²) < 4.78 is 47.1. The maximum Gasteiger partial charge on any atom is 0.422 e. The quantitative estimate of drug-likeness (QED) is 0.337. The van der Waals surface area contributed by atoms with Gasteiger partial charge in [0, 0.05) is 17.1 Å². The first-order chi connectivity index (χ1) is 15.0. The summed E-state index contributed by atoms with van der Waals surface area (Å²) in [6, 6.07) is 13.0. The van der Waals surface area contributed by atoms with Gasteiger partial charge >= 0.3 is 12.1 Å². The zero-order chi connectivity index (χ0) is 23.7. The third kappa shape index (κ3) is 4.33. The van der Waals surface area contributed by atoms with Gasteiger partial charge in [-0.2, -0.15) is 13.2 Å². The molecule has 4 nitrogen and oxygen atoms in total. The van der Waals surface area contributed by atoms with Gasteiger partial charge in [-0.1, -0.05) is 60.5 Å². The second-order valence-corrected chi connectivity index (χ2v) is 7.92. The molecule has 3 aromatic rings. The van der Waals surface area contributed by atoms with Gasteiger partial charge in [-0.3, -0.25) is 0 Å². The van der Waals surface area contributed by atoms with Crippen molar-refractivity contribution in [2.45, 2.75) is 24.6 Å². The van der Waals surface area contributed by atoms with E-state index in [-0.39, 0.29) is 21.3 Å². The van der Waals surface area contributed by atoms with Crippen molar-refractivity contribution in [3.8, 4) is 11.1 Å². The van der Waals surface area contributed by atoms with Crippen LogP contribution in [-0.2, 0) is 10.3 Å². The smallest absolute Gasteiger partial charge is 0.422 e. The molecule has 0 saturated carbocycles. The molecule has 168 valence electrons. The maximum absolute atomic E-state index is 14.1. The lowest BCUT2D eigenvalue weighted by Gasteiger charge is -2.37. The van der Waals surface area contributed by atoms with Gasteiger partial charge in [-0.05, 0) is 46.5 Å². The lowest BCUT2D eigenvalue weighted by molar-refractivity contribution is -0.274. The van der Waals surface area contributed by atoms with Crippen LogP contribution in [0.2, 0.25) is 10.2 Å². The van der Waals surface area contributed by atoms with E-state index in [4.69, 9.17) is 27.9 Å². The monoisotopic (exact) mass is 483 g/mol. The highest BCUT2D eigenvalue weighted by molar-refractivity contribution is 6.31. The van der Waals surface area contributed by atoms with Crippen LogP contribution in [0.25, 0.3) is 11.1 Å². The molecular weight excluding hydrogens is 466 g/mol. The van der Waals surface area contributed by atoms with E-state index in [2.05, 4.69) is 4.98 Å². The number of esters is 1. The molecule has 0 amide bonds. The maximum atomic E-state index is 14.1. The fourth-order valence-electron chi connectivity index (χ4n) is 3.59. The molecule has 2 unspecified atom stereocenters. The number of alkyl halides is 3. The van der Waals surface area contributed by atoms with E-state index < -0.39 is 29.2 Å². The van der Waals surface area contributed by atoms with E-state index in [0.29, 0.717) is 11.1 Å². The minimum Gasteiger partial charge on any atom is -0.465 e. The Morgan fingerprint density at radius 2 is 1.78 bits per heavy atom. The number of hydrogen-bond acceptors (Lipinski definition) is 4. The number of halogens is 5. The molecule has 0 aliphatic rings. The van der Waals surface area contributed by atoms with Gasteiger partial charge in [0.2, 0.25) is 0 Å². The summed E-state index contributed by atoms with van der Waals surface area (Å²) >= 11 is 12.2. The summed E-state index contributed by atoms with van der Waals surface area (Å²) in [5.74, 6) is -2.05. The molecule has 1 N–H and O–H groups in total. The van der Waals surface area contributed by atoms with Crippen molar-refractivity contribution in [1.82, 2.24) is 4.98 Å². The van der Waals surface area contributed by atoms with Crippen LogP contribution in [0.4, 0.5) is 13.2 Å². The molecule has 2 aromatic carbocycles. The van der Waals surface area contributed by atoms with Crippen molar-refractivity contribution in [2.75, 3.05) is 7.11 Å². The molecule has 0 radical (unpaired) electrons. The number of carbonyl (C=O) groups excluding carboxylic acids is 1. The molecular formula is C23H18Cl2F3NO3. The minimum atomic E-state index is -5.03. The number of hydrogen-bond donors (Lipinski definition) is 1. The molecule has 0 aliphatic carbocycles. The molecule has 9 heteroatoms. The Bertz CT molecular complexity index is 1150. The van der Waals surface area contributed by atoms with E-state index in [1.54, 1.807) is 24.3 Å². The van der Waals surface area contributed by atoms with Crippen molar-refractivity contribution in [2.24, 2.45) is 0 Å². The average molecular weight is 484 g/mol.